The quantitative estimate of drug-likeness (QED) is 0.141. The van der Waals surface area contributed by atoms with E-state index in [1.54, 1.807) is 16.0 Å². The van der Waals surface area contributed by atoms with E-state index in [4.69, 9.17) is 37.2 Å². The summed E-state index contributed by atoms with van der Waals surface area (Å²) in [5, 5.41) is 37.0. The number of aliphatic hydroxyl groups excluding tert-OH is 3. The number of aryl methyl sites for hydroxylation is 1. The summed E-state index contributed by atoms with van der Waals surface area (Å²) in [6.07, 6.45) is 10.9. The number of alkyl halides is 2. The summed E-state index contributed by atoms with van der Waals surface area (Å²) >= 11 is 8.70. The molecule has 13 heteroatoms. The first kappa shape index (κ1) is 58.1. The van der Waals surface area contributed by atoms with Crippen molar-refractivity contribution in [2.45, 2.75) is 158 Å². The maximum absolute atomic E-state index is 10.6. The second-order valence-electron chi connectivity index (χ2n) is 25.5. The molecule has 0 bridgehead atoms. The van der Waals surface area contributed by atoms with E-state index in [2.05, 4.69) is 205 Å². The predicted octanol–water partition coefficient (Wildman–Crippen LogP) is 19.0. The Labute approximate surface area is 477 Å². The number of hydrogen-bond acceptors (Lipinski definition) is 3. The van der Waals surface area contributed by atoms with Gasteiger partial charge < -0.3 is 15.3 Å². The van der Waals surface area contributed by atoms with Gasteiger partial charge in [0.25, 0.3) is 0 Å². The third kappa shape index (κ3) is 11.7. The minimum absolute atomic E-state index is 0.0283. The molecule has 4 fully saturated rings. The van der Waals surface area contributed by atoms with Crippen molar-refractivity contribution in [1.29, 1.82) is 0 Å². The average molecular weight is 1320 g/mol. The summed E-state index contributed by atoms with van der Waals surface area (Å²) < 4.78 is 1.16. The van der Waals surface area contributed by atoms with Crippen LogP contribution in [0.4, 0.5) is 0 Å². The van der Waals surface area contributed by atoms with Gasteiger partial charge in [0, 0.05) is 9.89 Å². The Balaban J connectivity index is 0.000000138. The SMILES string of the molecule is C=C1C(c2ccccc2)=C([Si](C)(C)C)C[C@]2(C)C[C@H](O)C[C@@H]12.C[C@]12CC([Si](C)(C)C)=C(c3ccccc3)[C@]3(CC3(Br)Br)[C@@H]1C[C@@H](O)C2.C[C@]12CCc3c(cc(Br)c4ccccc34)[C@@H]1C[C@@H](O)C2.[Cl][Ti]([Cl])([Cl])[Cl]. The van der Waals surface area contributed by atoms with E-state index < -0.39 is 28.5 Å². The molecule has 7 aliphatic carbocycles. The Bertz CT molecular complexity index is 2750. The molecule has 1 spiro atoms. The van der Waals surface area contributed by atoms with E-state index in [0.29, 0.717) is 17.8 Å². The van der Waals surface area contributed by atoms with Gasteiger partial charge in [-0.15, -0.1) is 0 Å². The van der Waals surface area contributed by atoms with E-state index in [0.717, 1.165) is 64.2 Å². The van der Waals surface area contributed by atoms with E-state index >= 15 is 0 Å². The summed E-state index contributed by atoms with van der Waals surface area (Å²) in [5.74, 6) is 1.48. The van der Waals surface area contributed by atoms with Gasteiger partial charge in [-0.3, -0.25) is 0 Å². The van der Waals surface area contributed by atoms with Gasteiger partial charge in [0.05, 0.1) is 37.7 Å². The van der Waals surface area contributed by atoms with Gasteiger partial charge in [-0.2, -0.15) is 0 Å². The first-order valence-corrected chi connectivity index (χ1v) is 43.9. The van der Waals surface area contributed by atoms with Gasteiger partial charge in [0.2, 0.25) is 0 Å². The Hall–Kier alpha value is -0.0119. The molecule has 0 aliphatic heterocycles. The molecule has 4 aromatic carbocycles. The van der Waals surface area contributed by atoms with Gasteiger partial charge in [-0.05, 0) is 160 Å². The van der Waals surface area contributed by atoms with Gasteiger partial charge in [-0.25, -0.2) is 0 Å². The molecule has 3 nitrogen and oxygen atoms in total. The molecular weight excluding hydrogens is 1240 g/mol. The summed E-state index contributed by atoms with van der Waals surface area (Å²) in [6.45, 7) is 26.4. The molecule has 11 rings (SSSR count). The van der Waals surface area contributed by atoms with Crippen LogP contribution in [0.15, 0.2) is 118 Å². The van der Waals surface area contributed by atoms with Crippen molar-refractivity contribution >= 4 is 123 Å². The molecule has 7 aliphatic rings. The zero-order chi connectivity index (χ0) is 52.8. The van der Waals surface area contributed by atoms with Crippen LogP contribution in [-0.4, -0.2) is 53.0 Å². The van der Waals surface area contributed by atoms with Crippen molar-refractivity contribution in [3.8, 4) is 0 Å². The molecule has 10 atom stereocenters. The molecular formula is C59H75Br3Cl4O3Si2Ti. The predicted molar refractivity (Wildman–Crippen MR) is 323 cm³/mol. The fourth-order valence-corrected chi connectivity index (χ4v) is 21.4. The van der Waals surface area contributed by atoms with Crippen molar-refractivity contribution in [3.05, 3.63) is 140 Å². The Morgan fingerprint density at radius 2 is 1.08 bits per heavy atom. The molecule has 0 unspecified atom stereocenters. The van der Waals surface area contributed by atoms with Crippen molar-refractivity contribution in [2.75, 3.05) is 0 Å². The molecule has 0 aromatic heterocycles. The maximum atomic E-state index is 10.6. The van der Waals surface area contributed by atoms with Crippen LogP contribution in [0.5, 0.6) is 0 Å². The topological polar surface area (TPSA) is 60.7 Å². The van der Waals surface area contributed by atoms with Gasteiger partial charge in [0.1, 0.15) is 0 Å². The van der Waals surface area contributed by atoms with Crippen LogP contribution in [-0.2, 0) is 18.8 Å². The molecule has 390 valence electrons. The van der Waals surface area contributed by atoms with Crippen molar-refractivity contribution in [3.63, 3.8) is 0 Å². The van der Waals surface area contributed by atoms with Crippen LogP contribution in [0.3, 0.4) is 0 Å². The fourth-order valence-electron chi connectivity index (χ4n) is 14.9. The van der Waals surface area contributed by atoms with E-state index in [-0.39, 0.29) is 43.2 Å². The summed E-state index contributed by atoms with van der Waals surface area (Å²) in [6, 6.07) is 32.8. The van der Waals surface area contributed by atoms with Crippen LogP contribution < -0.4 is 0 Å². The fraction of sp³-hybridized carbons (Fsp3) is 0.525. The first-order chi connectivity index (χ1) is 33.3. The molecule has 72 heavy (non-hydrogen) atoms. The zero-order valence-corrected chi connectivity index (χ0v) is 54.9. The van der Waals surface area contributed by atoms with Crippen molar-refractivity contribution in [2.24, 2.45) is 33.5 Å². The molecule has 4 aromatic rings. The average Bonchev–Trinajstić information content (AvgIpc) is 3.51. The second kappa shape index (κ2) is 21.2. The first-order valence-electron chi connectivity index (χ1n) is 26.0. The molecule has 0 radical (unpaired) electrons. The van der Waals surface area contributed by atoms with E-state index in [1.807, 2.05) is 0 Å². The van der Waals surface area contributed by atoms with Crippen molar-refractivity contribution < 1.29 is 27.7 Å². The number of benzene rings is 4. The molecule has 4 saturated carbocycles. The monoisotopic (exact) mass is 1310 g/mol. The van der Waals surface area contributed by atoms with Crippen molar-refractivity contribution in [1.82, 2.24) is 0 Å². The number of fused-ring (bicyclic) bond motifs is 8. The van der Waals surface area contributed by atoms with E-state index in [9.17, 15) is 15.3 Å². The van der Waals surface area contributed by atoms with Crippen LogP contribution in [0.25, 0.3) is 21.9 Å². The molecule has 0 saturated heterocycles. The number of rotatable bonds is 4. The molecule has 3 N–H and O–H groups in total. The third-order valence-corrected chi connectivity index (χ3v) is 25.2. The third-order valence-electron chi connectivity index (χ3n) is 18.1. The van der Waals surface area contributed by atoms with Crippen LogP contribution in [0, 0.1) is 33.5 Å². The van der Waals surface area contributed by atoms with Gasteiger partial charge in [-0.1, -0.05) is 210 Å². The van der Waals surface area contributed by atoms with E-state index in [1.165, 1.54) is 55.1 Å². The van der Waals surface area contributed by atoms with Crippen LogP contribution >= 0.6 is 85.0 Å². The Kier molecular flexibility index (Phi) is 17.1. The normalized spacial score (nSPS) is 33.4. The Morgan fingerprint density at radius 1 is 0.625 bits per heavy atom. The number of aliphatic hydroxyl groups is 3. The van der Waals surface area contributed by atoms with Gasteiger partial charge >= 0.3 is 49.6 Å². The van der Waals surface area contributed by atoms with Crippen LogP contribution in [0.1, 0.15) is 113 Å². The minimum atomic E-state index is -3.11. The summed E-state index contributed by atoms with van der Waals surface area (Å²) in [5.41, 5.74) is 10.8. The standard InChI is InChI=1S/C21H28Br2OSi.C20H28OSi.C18H19BrO.4ClH.Ti/c1-19-11-15(24)10-17(19)20(13-21(20,22)23)18(14-8-6-5-7-9-14)16(12-19)25(2,3)4;1-14-17-11-16(21)12-20(17,2)13-18(22(3,4)5)19(14)15-9-7-6-8-10-15;1-18-7-6-13-12-4-2-3-5-14(12)17(19)9-15(13)16(18)8-11(20)10-18;;;;;/h5-9,15,17,24H,10-13H2,1-4H3;6-10,16-17,21H,1,11-13H2,2-5H3;2-5,9,11,16,20H,6-8,10H2,1H3;4*1H;/q;;;;;;;+4/p-4/t15-,17-,19+,20+;16-,17+,20+;11-,16+,18-;;;;;/m111...../s1. The molecule has 0 amide bonds. The Morgan fingerprint density at radius 3 is 1.62 bits per heavy atom. The summed E-state index contributed by atoms with van der Waals surface area (Å²) in [4.78, 5) is 0. The number of hydrogen-bond donors (Lipinski definition) is 3. The molecule has 0 heterocycles. The number of halogens is 7. The van der Waals surface area contributed by atoms with Crippen LogP contribution in [0.2, 0.25) is 39.3 Å². The summed E-state index contributed by atoms with van der Waals surface area (Å²) in [7, 11) is 17.1. The number of allylic oxidation sites excluding steroid dienone is 5. The van der Waals surface area contributed by atoms with Gasteiger partial charge in [0.15, 0.2) is 0 Å². The zero-order valence-electron chi connectivity index (χ0n) is 43.6. The second-order valence-corrected chi connectivity index (χ2v) is 55.8.